The third-order valence-electron chi connectivity index (χ3n) is 31.1. The van der Waals surface area contributed by atoms with Gasteiger partial charge < -0.3 is 13.6 Å². The smallest absolute Gasteiger partial charge is 0.307 e. The summed E-state index contributed by atoms with van der Waals surface area (Å²) >= 11 is 0. The van der Waals surface area contributed by atoms with Crippen LogP contribution in [0.25, 0.3) is 188 Å². The van der Waals surface area contributed by atoms with Gasteiger partial charge in [-0.05, 0) is 299 Å². The molecule has 8 fully saturated rings. The maximum Gasteiger partial charge on any atom is 0.307 e. The van der Waals surface area contributed by atoms with Gasteiger partial charge in [0.25, 0.3) is 0 Å². The summed E-state index contributed by atoms with van der Waals surface area (Å²) in [6, 6.07) is 118. The van der Waals surface area contributed by atoms with Crippen LogP contribution in [0.3, 0.4) is 0 Å². The molecule has 0 saturated heterocycles. The molecule has 0 atom stereocenters. The summed E-state index contributed by atoms with van der Waals surface area (Å²) < 4.78 is 15.8. The zero-order valence-corrected chi connectivity index (χ0v) is 65.8. The standard InChI is InChI=1S/C58H42N4.C53H39N3O/c1-2-10-42-36(9-1)17-22-51-57(42)60-56(33-59-51)62-53-16-8-5-13-46(53)48-31-38(19-24-55(48)62)37-18-23-54-47(30-37)45-12-4-7-15-52(45)61(54)41-20-21-44-43-11-3-6-14-49(43)58(50(44)32-41)39-26-34-25-35(28-39)29-40(58)27-34;1-4-12-44-38(9-1)39-20-19-37(30-45(39)53(44)35-24-31-23-32(26-35)27-36(53)25-31)55-47-14-6-2-10-40(47)42-28-33(17-21-49(42)55)34-18-22-50-43(29-34)41-11-3-7-15-48(41)56(50)52-54-46-13-5-8-16-51(46)57-52/h1-24,30-35,39-40H,25-29H2;1-22,28-32,35-36H,23-27H2. The number of hydrogen-bond acceptors (Lipinski definition) is 4. The fourth-order valence-corrected chi connectivity index (χ4v) is 27.0. The number of rotatable bonds is 6. The average molecular weight is 1530 g/mol. The van der Waals surface area contributed by atoms with Crippen LogP contribution in [0.4, 0.5) is 0 Å². The lowest BCUT2D eigenvalue weighted by Gasteiger charge is -2.61. The second-order valence-corrected chi connectivity index (χ2v) is 36.6. The summed E-state index contributed by atoms with van der Waals surface area (Å²) in [5.74, 6) is 7.50. The summed E-state index contributed by atoms with van der Waals surface area (Å²) in [7, 11) is 0. The van der Waals surface area contributed by atoms with Crippen molar-refractivity contribution in [3.63, 3.8) is 0 Å². The maximum absolute atomic E-state index is 6.32. The van der Waals surface area contributed by atoms with Crippen LogP contribution in [0.5, 0.6) is 0 Å². The molecule has 6 heterocycles. The largest absolute Gasteiger partial charge is 0.423 e. The minimum absolute atomic E-state index is 0.137. The van der Waals surface area contributed by atoms with Crippen molar-refractivity contribution in [1.82, 2.24) is 33.2 Å². The van der Waals surface area contributed by atoms with Crippen LogP contribution in [0.1, 0.15) is 86.5 Å². The summed E-state index contributed by atoms with van der Waals surface area (Å²) in [5, 5.41) is 12.2. The molecular formula is C111H81N7O. The average Bonchev–Trinajstić information content (AvgIpc) is 1.54. The normalized spacial score (nSPS) is 22.7. The van der Waals surface area contributed by atoms with Gasteiger partial charge in [-0.3, -0.25) is 14.1 Å². The van der Waals surface area contributed by atoms with Gasteiger partial charge in [0.1, 0.15) is 5.52 Å². The Morgan fingerprint density at radius 3 is 1.13 bits per heavy atom. The molecule has 8 saturated carbocycles. The van der Waals surface area contributed by atoms with E-state index in [1.807, 2.05) is 30.5 Å². The number of fused-ring (bicyclic) bond motifs is 22. The van der Waals surface area contributed by atoms with Crippen molar-refractivity contribution in [3.05, 3.63) is 344 Å². The molecule has 8 bridgehead atoms. The van der Waals surface area contributed by atoms with Crippen molar-refractivity contribution in [2.24, 2.45) is 47.3 Å². The summed E-state index contributed by atoms with van der Waals surface area (Å²) in [6.07, 6.45) is 16.0. The minimum atomic E-state index is 0.137. The fraction of sp³-hybridized carbons (Fsp3) is 0.180. The van der Waals surface area contributed by atoms with E-state index in [2.05, 4.69) is 309 Å². The third-order valence-corrected chi connectivity index (χ3v) is 31.1. The second kappa shape index (κ2) is 24.1. The Balaban J connectivity index is 0.000000124. The molecule has 6 aromatic heterocycles. The molecule has 10 aliphatic rings. The lowest BCUT2D eigenvalue weighted by Crippen LogP contribution is -2.55. The van der Waals surface area contributed by atoms with Gasteiger partial charge >= 0.3 is 6.01 Å². The van der Waals surface area contributed by atoms with E-state index in [0.717, 1.165) is 103 Å². The summed E-state index contributed by atoms with van der Waals surface area (Å²) in [5.41, 5.74) is 32.9. The van der Waals surface area contributed by atoms with Gasteiger partial charge in [-0.25, -0.2) is 4.98 Å². The van der Waals surface area contributed by atoms with Gasteiger partial charge in [0.15, 0.2) is 11.4 Å². The first-order valence-electron chi connectivity index (χ1n) is 43.5. The Morgan fingerprint density at radius 2 is 0.647 bits per heavy atom. The molecule has 8 heteroatoms. The highest BCUT2D eigenvalue weighted by molar-refractivity contribution is 6.15. The fourth-order valence-electron chi connectivity index (χ4n) is 27.0. The van der Waals surface area contributed by atoms with Crippen LogP contribution in [0.15, 0.2) is 326 Å². The molecule has 15 aromatic carbocycles. The highest BCUT2D eigenvalue weighted by atomic mass is 16.4. The molecule has 0 unspecified atom stereocenters. The highest BCUT2D eigenvalue weighted by Crippen LogP contribution is 2.72. The van der Waals surface area contributed by atoms with Gasteiger partial charge in [0.2, 0.25) is 0 Å². The van der Waals surface area contributed by atoms with Crippen LogP contribution < -0.4 is 0 Å². The molecule has 0 radical (unpaired) electrons. The molecule has 8 nitrogen and oxygen atoms in total. The van der Waals surface area contributed by atoms with E-state index in [0.29, 0.717) is 6.01 Å². The van der Waals surface area contributed by atoms with Gasteiger partial charge in [-0.2, -0.15) is 4.98 Å². The number of oxazole rings is 1. The predicted molar refractivity (Wildman–Crippen MR) is 486 cm³/mol. The predicted octanol–water partition coefficient (Wildman–Crippen LogP) is 27.8. The van der Waals surface area contributed by atoms with Crippen LogP contribution in [-0.2, 0) is 10.8 Å². The van der Waals surface area contributed by atoms with E-state index in [1.165, 1.54) is 191 Å². The topological polar surface area (TPSA) is 71.5 Å². The van der Waals surface area contributed by atoms with E-state index in [1.54, 1.807) is 22.3 Å². The van der Waals surface area contributed by atoms with Gasteiger partial charge in [0.05, 0.1) is 61.4 Å². The Labute approximate surface area is 687 Å². The van der Waals surface area contributed by atoms with Crippen molar-refractivity contribution in [3.8, 4) is 67.7 Å². The summed E-state index contributed by atoms with van der Waals surface area (Å²) in [4.78, 5) is 15.1. The molecule has 566 valence electrons. The van der Waals surface area contributed by atoms with Crippen molar-refractivity contribution in [2.45, 2.75) is 75.0 Å². The Kier molecular flexibility index (Phi) is 13.3. The molecule has 0 N–H and O–H groups in total. The molecule has 2 spiro atoms. The lowest BCUT2D eigenvalue weighted by molar-refractivity contribution is -0.0399. The Hall–Kier alpha value is -13.4. The third kappa shape index (κ3) is 8.95. The molecule has 0 aliphatic heterocycles. The Bertz CT molecular complexity index is 7920. The number of hydrogen-bond donors (Lipinski definition) is 0. The molecule has 0 amide bonds. The molecule has 21 aromatic rings. The molecule has 31 rings (SSSR count). The lowest BCUT2D eigenvalue weighted by atomic mass is 9.43. The van der Waals surface area contributed by atoms with Crippen LogP contribution >= 0.6 is 0 Å². The quantitative estimate of drug-likeness (QED) is 0.156. The monoisotopic (exact) mass is 1530 g/mol. The zero-order chi connectivity index (χ0) is 77.2. The maximum atomic E-state index is 6.32. The van der Waals surface area contributed by atoms with E-state index in [4.69, 9.17) is 19.4 Å². The van der Waals surface area contributed by atoms with Gasteiger partial charge in [-0.1, -0.05) is 200 Å². The van der Waals surface area contributed by atoms with E-state index < -0.39 is 0 Å². The first kappa shape index (κ1) is 65.7. The molecule has 119 heavy (non-hydrogen) atoms. The first-order valence-corrected chi connectivity index (χ1v) is 43.5. The van der Waals surface area contributed by atoms with Gasteiger partial charge in [-0.15, -0.1) is 0 Å². The van der Waals surface area contributed by atoms with Crippen molar-refractivity contribution >= 4 is 120 Å². The van der Waals surface area contributed by atoms with Crippen LogP contribution in [0, 0.1) is 47.3 Å². The van der Waals surface area contributed by atoms with Gasteiger partial charge in [0, 0.05) is 70.7 Å². The molecular weight excluding hydrogens is 1450 g/mol. The minimum Gasteiger partial charge on any atom is -0.423 e. The zero-order valence-electron chi connectivity index (χ0n) is 65.8. The summed E-state index contributed by atoms with van der Waals surface area (Å²) in [6.45, 7) is 0. The first-order chi connectivity index (χ1) is 58.9. The SMILES string of the molecule is c1ccc2c(c1)-c1ccc(-n3c4ccccc4c4cc(-c5ccc6c(c5)c5ccccc5n6-c5cnc6ccc7ccccc7c6n5)ccc43)cc1C21C2CC3CC(C2)CC1C3.c1ccc2c(c1)-c1ccc(-n3c4ccccc4c4cc(-c5ccc6c(c5)c5ccccc5n6-c5nc6ccccc6o5)ccc43)cc1C21C2CC3CC(C2)CC1C3. The second-order valence-electron chi connectivity index (χ2n) is 36.6. The number of para-hydroxylation sites is 6. The van der Waals surface area contributed by atoms with E-state index in [9.17, 15) is 0 Å². The number of benzene rings is 15. The number of nitrogens with zero attached hydrogens (tertiary/aromatic N) is 7. The van der Waals surface area contributed by atoms with Crippen molar-refractivity contribution in [2.75, 3.05) is 0 Å². The number of aromatic nitrogens is 7. The van der Waals surface area contributed by atoms with Crippen molar-refractivity contribution < 1.29 is 4.42 Å². The van der Waals surface area contributed by atoms with E-state index >= 15 is 0 Å². The van der Waals surface area contributed by atoms with Crippen molar-refractivity contribution in [1.29, 1.82) is 0 Å². The molecule has 10 aliphatic carbocycles. The van der Waals surface area contributed by atoms with Crippen LogP contribution in [-0.4, -0.2) is 33.2 Å². The highest BCUT2D eigenvalue weighted by Gasteiger charge is 2.63. The van der Waals surface area contributed by atoms with E-state index in [-0.39, 0.29) is 10.8 Å². The van der Waals surface area contributed by atoms with Crippen LogP contribution in [0.2, 0.25) is 0 Å². The Morgan fingerprint density at radius 1 is 0.269 bits per heavy atom.